The van der Waals surface area contributed by atoms with E-state index in [0.717, 1.165) is 13.1 Å². The first-order chi connectivity index (χ1) is 8.45. The zero-order chi connectivity index (χ0) is 12.3. The van der Waals surface area contributed by atoms with Crippen molar-refractivity contribution >= 4 is 0 Å². The molecule has 0 amide bonds. The van der Waals surface area contributed by atoms with E-state index < -0.39 is 0 Å². The van der Waals surface area contributed by atoms with Crippen LogP contribution in [0.5, 0.6) is 0 Å². The Morgan fingerprint density at radius 3 is 1.35 bits per heavy atom. The van der Waals surface area contributed by atoms with E-state index in [2.05, 4.69) is 66.7 Å². The fourth-order valence-electron chi connectivity index (χ4n) is 1.54. The summed E-state index contributed by atoms with van der Waals surface area (Å²) in [7, 11) is 0. The minimum Gasteiger partial charge on any atom is -0.309 e. The van der Waals surface area contributed by atoms with Gasteiger partial charge in [-0.1, -0.05) is 60.7 Å². The molecule has 0 bridgehead atoms. The molecule has 1 heteroatoms. The number of hydrogen-bond acceptors (Lipinski definition) is 1. The van der Waals surface area contributed by atoms with Crippen molar-refractivity contribution in [1.82, 2.24) is 5.32 Å². The van der Waals surface area contributed by atoms with Gasteiger partial charge in [0, 0.05) is 13.1 Å². The standard InChI is InChI=1S/C14H15N.C2H2/c1-3-7-13(8-4-1)11-15-12-14-9-5-2-6-10-14;1-2/h1-10,15H,11-12H2;1-2H. The minimum absolute atomic E-state index is 0.926. The van der Waals surface area contributed by atoms with Gasteiger partial charge in [-0.15, -0.1) is 12.8 Å². The Bertz CT molecular complexity index is 378. The molecule has 0 saturated heterocycles. The van der Waals surface area contributed by atoms with Gasteiger partial charge in [-0.2, -0.15) is 0 Å². The number of benzene rings is 2. The van der Waals surface area contributed by atoms with Gasteiger partial charge >= 0.3 is 0 Å². The van der Waals surface area contributed by atoms with Crippen molar-refractivity contribution in [3.05, 3.63) is 71.8 Å². The van der Waals surface area contributed by atoms with Gasteiger partial charge in [-0.3, -0.25) is 0 Å². The van der Waals surface area contributed by atoms with Crippen molar-refractivity contribution in [1.29, 1.82) is 0 Å². The second-order valence-electron chi connectivity index (χ2n) is 3.57. The maximum absolute atomic E-state index is 4.00. The summed E-state index contributed by atoms with van der Waals surface area (Å²) in [5.74, 6) is 0. The third-order valence-corrected chi connectivity index (χ3v) is 2.34. The lowest BCUT2D eigenvalue weighted by atomic mass is 10.2. The Morgan fingerprint density at radius 2 is 1.00 bits per heavy atom. The van der Waals surface area contributed by atoms with E-state index in [1.807, 2.05) is 12.1 Å². The van der Waals surface area contributed by atoms with E-state index in [0.29, 0.717) is 0 Å². The molecule has 2 aromatic rings. The Balaban J connectivity index is 0.000000686. The number of hydrogen-bond donors (Lipinski definition) is 1. The van der Waals surface area contributed by atoms with Crippen molar-refractivity contribution < 1.29 is 0 Å². The summed E-state index contributed by atoms with van der Waals surface area (Å²) < 4.78 is 0. The first kappa shape index (κ1) is 13.0. The van der Waals surface area contributed by atoms with E-state index in [1.54, 1.807) is 0 Å². The van der Waals surface area contributed by atoms with E-state index in [-0.39, 0.29) is 0 Å². The van der Waals surface area contributed by atoms with Crippen LogP contribution in [0.15, 0.2) is 60.7 Å². The molecule has 0 aliphatic carbocycles. The fraction of sp³-hybridized carbons (Fsp3) is 0.125. The van der Waals surface area contributed by atoms with Gasteiger partial charge in [0.25, 0.3) is 0 Å². The largest absolute Gasteiger partial charge is 0.309 e. The molecule has 0 saturated carbocycles. The molecule has 0 spiro atoms. The van der Waals surface area contributed by atoms with Crippen LogP contribution in [-0.4, -0.2) is 0 Å². The number of terminal acetylenes is 1. The highest BCUT2D eigenvalue weighted by atomic mass is 14.8. The summed E-state index contributed by atoms with van der Waals surface area (Å²) in [4.78, 5) is 0. The average Bonchev–Trinajstić information content (AvgIpc) is 2.43. The molecule has 86 valence electrons. The highest BCUT2D eigenvalue weighted by Crippen LogP contribution is 2.00. The van der Waals surface area contributed by atoms with Gasteiger partial charge in [-0.25, -0.2) is 0 Å². The Hall–Kier alpha value is -2.04. The Labute approximate surface area is 104 Å². The maximum Gasteiger partial charge on any atom is 0.0208 e. The zero-order valence-corrected chi connectivity index (χ0v) is 9.84. The van der Waals surface area contributed by atoms with Crippen molar-refractivity contribution in [2.45, 2.75) is 13.1 Å². The Kier molecular flexibility index (Phi) is 6.25. The lowest BCUT2D eigenvalue weighted by Gasteiger charge is -2.04. The molecule has 1 nitrogen and oxygen atoms in total. The second kappa shape index (κ2) is 8.15. The van der Waals surface area contributed by atoms with Crippen LogP contribution in [-0.2, 0) is 13.1 Å². The highest BCUT2D eigenvalue weighted by Gasteiger charge is 1.92. The first-order valence-electron chi connectivity index (χ1n) is 5.57. The van der Waals surface area contributed by atoms with Crippen LogP contribution in [0.25, 0.3) is 0 Å². The average molecular weight is 223 g/mol. The van der Waals surface area contributed by atoms with Crippen molar-refractivity contribution in [3.8, 4) is 12.8 Å². The summed E-state index contributed by atoms with van der Waals surface area (Å²) in [5, 5.41) is 3.42. The van der Waals surface area contributed by atoms with Gasteiger partial charge in [0.05, 0.1) is 0 Å². The molecule has 0 aromatic heterocycles. The van der Waals surface area contributed by atoms with Gasteiger partial charge in [0.2, 0.25) is 0 Å². The van der Waals surface area contributed by atoms with Gasteiger partial charge in [-0.05, 0) is 11.1 Å². The van der Waals surface area contributed by atoms with Gasteiger partial charge < -0.3 is 5.32 Å². The Morgan fingerprint density at radius 1 is 0.647 bits per heavy atom. The molecular formula is C16H17N. The second-order valence-corrected chi connectivity index (χ2v) is 3.57. The molecule has 0 aliphatic heterocycles. The van der Waals surface area contributed by atoms with Crippen molar-refractivity contribution in [3.63, 3.8) is 0 Å². The van der Waals surface area contributed by atoms with E-state index in [4.69, 9.17) is 0 Å². The third-order valence-electron chi connectivity index (χ3n) is 2.34. The summed E-state index contributed by atoms with van der Waals surface area (Å²) in [5.41, 5.74) is 2.65. The monoisotopic (exact) mass is 223 g/mol. The lowest BCUT2D eigenvalue weighted by Crippen LogP contribution is -2.12. The molecule has 2 rings (SSSR count). The summed E-state index contributed by atoms with van der Waals surface area (Å²) in [6.07, 6.45) is 8.00. The zero-order valence-electron chi connectivity index (χ0n) is 9.84. The molecule has 1 N–H and O–H groups in total. The molecule has 0 unspecified atom stereocenters. The molecule has 0 heterocycles. The predicted molar refractivity (Wildman–Crippen MR) is 73.3 cm³/mol. The number of nitrogens with one attached hydrogen (secondary N) is 1. The summed E-state index contributed by atoms with van der Waals surface area (Å²) >= 11 is 0. The minimum atomic E-state index is 0.926. The number of rotatable bonds is 4. The fourth-order valence-corrected chi connectivity index (χ4v) is 1.54. The SMILES string of the molecule is C#C.c1ccc(CNCc2ccccc2)cc1. The van der Waals surface area contributed by atoms with Crippen LogP contribution >= 0.6 is 0 Å². The van der Waals surface area contributed by atoms with E-state index in [9.17, 15) is 0 Å². The highest BCUT2D eigenvalue weighted by molar-refractivity contribution is 5.16. The van der Waals surface area contributed by atoms with Crippen molar-refractivity contribution in [2.75, 3.05) is 0 Å². The molecule has 0 radical (unpaired) electrons. The molecule has 0 aliphatic rings. The topological polar surface area (TPSA) is 12.0 Å². The molecular weight excluding hydrogens is 206 g/mol. The van der Waals surface area contributed by atoms with Crippen molar-refractivity contribution in [2.24, 2.45) is 0 Å². The van der Waals surface area contributed by atoms with Crippen LogP contribution in [0.2, 0.25) is 0 Å². The molecule has 0 atom stereocenters. The van der Waals surface area contributed by atoms with E-state index in [1.165, 1.54) is 11.1 Å². The maximum atomic E-state index is 4.00. The van der Waals surface area contributed by atoms with Crippen LogP contribution in [0.1, 0.15) is 11.1 Å². The smallest absolute Gasteiger partial charge is 0.0208 e. The molecule has 2 aromatic carbocycles. The van der Waals surface area contributed by atoms with Gasteiger partial charge in [0.1, 0.15) is 0 Å². The summed E-state index contributed by atoms with van der Waals surface area (Å²) in [6, 6.07) is 20.9. The van der Waals surface area contributed by atoms with Crippen LogP contribution < -0.4 is 5.32 Å². The van der Waals surface area contributed by atoms with Crippen LogP contribution in [0.3, 0.4) is 0 Å². The van der Waals surface area contributed by atoms with Crippen LogP contribution in [0, 0.1) is 12.8 Å². The molecule has 17 heavy (non-hydrogen) atoms. The van der Waals surface area contributed by atoms with Crippen LogP contribution in [0.4, 0.5) is 0 Å². The molecule has 0 fully saturated rings. The quantitative estimate of drug-likeness (QED) is 0.785. The predicted octanol–water partition coefficient (Wildman–Crippen LogP) is 3.23. The lowest BCUT2D eigenvalue weighted by molar-refractivity contribution is 0.693. The third kappa shape index (κ3) is 5.01. The van der Waals surface area contributed by atoms with Gasteiger partial charge in [0.15, 0.2) is 0 Å². The normalized spacial score (nSPS) is 9.06. The van der Waals surface area contributed by atoms with E-state index >= 15 is 0 Å². The summed E-state index contributed by atoms with van der Waals surface area (Å²) in [6.45, 7) is 1.85. The first-order valence-corrected chi connectivity index (χ1v) is 5.57.